The Morgan fingerprint density at radius 2 is 2.06 bits per heavy atom. The molecule has 0 spiro atoms. The van der Waals surface area contributed by atoms with Gasteiger partial charge in [-0.25, -0.2) is 0 Å². The van der Waals surface area contributed by atoms with Gasteiger partial charge in [0.25, 0.3) is 0 Å². The van der Waals surface area contributed by atoms with E-state index in [2.05, 4.69) is 6.07 Å². The molecule has 1 aromatic rings. The molecule has 1 aliphatic rings. The van der Waals surface area contributed by atoms with Crippen molar-refractivity contribution in [2.45, 2.75) is 51.0 Å². The SMILES string of the molecule is CC(C)(O)CCc1cc(C=O)cc(C2CC2)c1. The van der Waals surface area contributed by atoms with Crippen LogP contribution in [0.1, 0.15) is 60.5 Å². The highest BCUT2D eigenvalue weighted by Crippen LogP contribution is 2.40. The molecule has 0 saturated heterocycles. The van der Waals surface area contributed by atoms with Crippen molar-refractivity contribution in [3.05, 3.63) is 34.9 Å². The molecule has 1 aromatic carbocycles. The lowest BCUT2D eigenvalue weighted by Crippen LogP contribution is -2.19. The fourth-order valence-electron chi connectivity index (χ4n) is 2.06. The van der Waals surface area contributed by atoms with E-state index in [1.54, 1.807) is 0 Å². The molecule has 0 bridgehead atoms. The quantitative estimate of drug-likeness (QED) is 0.792. The first-order chi connectivity index (χ1) is 7.98. The van der Waals surface area contributed by atoms with Gasteiger partial charge in [0.05, 0.1) is 5.60 Å². The molecule has 0 heterocycles. The second-order valence-corrected chi connectivity index (χ2v) is 5.71. The van der Waals surface area contributed by atoms with Gasteiger partial charge in [0.2, 0.25) is 0 Å². The smallest absolute Gasteiger partial charge is 0.150 e. The van der Waals surface area contributed by atoms with Crippen LogP contribution in [0.15, 0.2) is 18.2 Å². The van der Waals surface area contributed by atoms with Gasteiger partial charge in [-0.3, -0.25) is 4.79 Å². The number of aliphatic hydroxyl groups is 1. The normalized spacial score (nSPS) is 15.9. The minimum atomic E-state index is -0.642. The maximum atomic E-state index is 10.9. The van der Waals surface area contributed by atoms with Crippen molar-refractivity contribution in [1.82, 2.24) is 0 Å². The van der Waals surface area contributed by atoms with Crippen LogP contribution < -0.4 is 0 Å². The van der Waals surface area contributed by atoms with Crippen molar-refractivity contribution in [3.8, 4) is 0 Å². The predicted octanol–water partition coefficient (Wildman–Crippen LogP) is 3.08. The predicted molar refractivity (Wildman–Crippen MR) is 68.4 cm³/mol. The van der Waals surface area contributed by atoms with Gasteiger partial charge in [-0.1, -0.05) is 6.07 Å². The lowest BCUT2D eigenvalue weighted by molar-refractivity contribution is 0.0714. The molecule has 0 atom stereocenters. The van der Waals surface area contributed by atoms with Crippen LogP contribution in [-0.2, 0) is 6.42 Å². The third-order valence-electron chi connectivity index (χ3n) is 3.25. The number of aryl methyl sites for hydroxylation is 1. The monoisotopic (exact) mass is 232 g/mol. The first kappa shape index (κ1) is 12.3. The molecule has 1 N–H and O–H groups in total. The van der Waals surface area contributed by atoms with Crippen LogP contribution >= 0.6 is 0 Å². The molecular formula is C15H20O2. The van der Waals surface area contributed by atoms with Crippen molar-refractivity contribution in [2.24, 2.45) is 0 Å². The molecular weight excluding hydrogens is 212 g/mol. The van der Waals surface area contributed by atoms with E-state index in [0.29, 0.717) is 5.92 Å². The fraction of sp³-hybridized carbons (Fsp3) is 0.533. The summed E-state index contributed by atoms with van der Waals surface area (Å²) in [5.74, 6) is 0.663. The lowest BCUT2D eigenvalue weighted by Gasteiger charge is -2.17. The van der Waals surface area contributed by atoms with Gasteiger partial charge in [-0.15, -0.1) is 0 Å². The van der Waals surface area contributed by atoms with Crippen molar-refractivity contribution >= 4 is 6.29 Å². The summed E-state index contributed by atoms with van der Waals surface area (Å²) < 4.78 is 0. The van der Waals surface area contributed by atoms with Crippen LogP contribution in [0.5, 0.6) is 0 Å². The molecule has 0 amide bonds. The molecule has 0 radical (unpaired) electrons. The Morgan fingerprint density at radius 1 is 1.35 bits per heavy atom. The van der Waals surface area contributed by atoms with E-state index >= 15 is 0 Å². The highest BCUT2D eigenvalue weighted by atomic mass is 16.3. The molecule has 92 valence electrons. The van der Waals surface area contributed by atoms with E-state index in [9.17, 15) is 9.90 Å². The fourth-order valence-corrected chi connectivity index (χ4v) is 2.06. The third kappa shape index (κ3) is 3.67. The molecule has 1 fully saturated rings. The summed E-state index contributed by atoms with van der Waals surface area (Å²) in [4.78, 5) is 10.9. The van der Waals surface area contributed by atoms with Gasteiger partial charge >= 0.3 is 0 Å². The van der Waals surface area contributed by atoms with E-state index in [1.165, 1.54) is 24.0 Å². The zero-order valence-corrected chi connectivity index (χ0v) is 10.6. The Kier molecular flexibility index (Phi) is 3.34. The summed E-state index contributed by atoms with van der Waals surface area (Å²) in [5.41, 5.74) is 2.58. The third-order valence-corrected chi connectivity index (χ3v) is 3.25. The maximum Gasteiger partial charge on any atom is 0.150 e. The maximum absolute atomic E-state index is 10.9. The number of aldehydes is 1. The van der Waals surface area contributed by atoms with Crippen molar-refractivity contribution in [1.29, 1.82) is 0 Å². The van der Waals surface area contributed by atoms with Gasteiger partial charge in [0.1, 0.15) is 6.29 Å². The molecule has 2 heteroatoms. The van der Waals surface area contributed by atoms with Crippen LogP contribution in [-0.4, -0.2) is 17.0 Å². The summed E-state index contributed by atoms with van der Waals surface area (Å²) >= 11 is 0. The highest BCUT2D eigenvalue weighted by molar-refractivity contribution is 5.75. The Hall–Kier alpha value is -1.15. The molecule has 2 rings (SSSR count). The van der Waals surface area contributed by atoms with Crippen LogP contribution in [0.25, 0.3) is 0 Å². The number of rotatable bonds is 5. The molecule has 0 aromatic heterocycles. The van der Waals surface area contributed by atoms with Crippen LogP contribution in [0.3, 0.4) is 0 Å². The zero-order chi connectivity index (χ0) is 12.5. The Balaban J connectivity index is 2.15. The van der Waals surface area contributed by atoms with E-state index in [1.807, 2.05) is 26.0 Å². The summed E-state index contributed by atoms with van der Waals surface area (Å²) in [5, 5.41) is 9.73. The van der Waals surface area contributed by atoms with Gasteiger partial charge in [0, 0.05) is 5.56 Å². The summed E-state index contributed by atoms with van der Waals surface area (Å²) in [6, 6.07) is 6.12. The van der Waals surface area contributed by atoms with Crippen molar-refractivity contribution in [3.63, 3.8) is 0 Å². The Labute approximate surface area is 103 Å². The topological polar surface area (TPSA) is 37.3 Å². The summed E-state index contributed by atoms with van der Waals surface area (Å²) in [7, 11) is 0. The second-order valence-electron chi connectivity index (χ2n) is 5.71. The molecule has 2 nitrogen and oxygen atoms in total. The van der Waals surface area contributed by atoms with Gasteiger partial charge < -0.3 is 5.11 Å². The highest BCUT2D eigenvalue weighted by Gasteiger charge is 2.24. The zero-order valence-electron chi connectivity index (χ0n) is 10.6. The van der Waals surface area contributed by atoms with Gasteiger partial charge in [0.15, 0.2) is 0 Å². The standard InChI is InChI=1S/C15H20O2/c1-15(2,17)6-5-11-7-12(10-16)9-14(8-11)13-3-4-13/h7-10,13,17H,3-6H2,1-2H3. The van der Waals surface area contributed by atoms with Gasteiger partial charge in [-0.05, 0) is 68.7 Å². The van der Waals surface area contributed by atoms with Crippen LogP contribution in [0.2, 0.25) is 0 Å². The minimum absolute atomic E-state index is 0.642. The number of carbonyl (C=O) groups excluding carboxylic acids is 1. The van der Waals surface area contributed by atoms with E-state index < -0.39 is 5.60 Å². The van der Waals surface area contributed by atoms with Crippen LogP contribution in [0, 0.1) is 0 Å². The average Bonchev–Trinajstić information content (AvgIpc) is 3.08. The second kappa shape index (κ2) is 4.61. The Morgan fingerprint density at radius 3 is 2.59 bits per heavy atom. The first-order valence-corrected chi connectivity index (χ1v) is 6.29. The average molecular weight is 232 g/mol. The van der Waals surface area contributed by atoms with E-state index in [4.69, 9.17) is 0 Å². The number of hydrogen-bond acceptors (Lipinski definition) is 2. The Bertz CT molecular complexity index is 411. The van der Waals surface area contributed by atoms with Crippen molar-refractivity contribution < 1.29 is 9.90 Å². The minimum Gasteiger partial charge on any atom is -0.390 e. The lowest BCUT2D eigenvalue weighted by atomic mass is 9.95. The number of hydrogen-bond donors (Lipinski definition) is 1. The number of carbonyl (C=O) groups is 1. The molecule has 1 aliphatic carbocycles. The summed E-state index contributed by atoms with van der Waals surface area (Å²) in [6.07, 6.45) is 4.95. The largest absolute Gasteiger partial charge is 0.390 e. The van der Waals surface area contributed by atoms with Gasteiger partial charge in [-0.2, -0.15) is 0 Å². The molecule has 17 heavy (non-hydrogen) atoms. The van der Waals surface area contributed by atoms with E-state index in [-0.39, 0.29) is 0 Å². The molecule has 1 saturated carbocycles. The van der Waals surface area contributed by atoms with Crippen LogP contribution in [0.4, 0.5) is 0 Å². The molecule has 0 unspecified atom stereocenters. The number of benzene rings is 1. The van der Waals surface area contributed by atoms with Crippen molar-refractivity contribution in [2.75, 3.05) is 0 Å². The van der Waals surface area contributed by atoms with E-state index in [0.717, 1.165) is 24.7 Å². The summed E-state index contributed by atoms with van der Waals surface area (Å²) in [6.45, 7) is 3.64. The molecule has 0 aliphatic heterocycles. The first-order valence-electron chi connectivity index (χ1n) is 6.29.